The minimum Gasteiger partial charge on any atom is -0.494 e. The molecule has 0 aliphatic carbocycles. The summed E-state index contributed by atoms with van der Waals surface area (Å²) in [5.41, 5.74) is 1.57. The van der Waals surface area contributed by atoms with Crippen LogP contribution in [0.2, 0.25) is 10.0 Å². The first-order valence-electron chi connectivity index (χ1n) is 13.0. The summed E-state index contributed by atoms with van der Waals surface area (Å²) in [5, 5.41) is 26.0. The highest BCUT2D eigenvalue weighted by molar-refractivity contribution is 6.32. The van der Waals surface area contributed by atoms with Crippen LogP contribution < -0.4 is 9.47 Å². The van der Waals surface area contributed by atoms with Crippen molar-refractivity contribution >= 4 is 35.0 Å². The van der Waals surface area contributed by atoms with Crippen LogP contribution in [-0.4, -0.2) is 56.2 Å². The lowest BCUT2D eigenvalue weighted by Crippen LogP contribution is -2.37. The van der Waals surface area contributed by atoms with Crippen LogP contribution in [0.3, 0.4) is 0 Å². The second-order valence-corrected chi connectivity index (χ2v) is 10.2. The van der Waals surface area contributed by atoms with E-state index in [1.54, 1.807) is 12.1 Å². The van der Waals surface area contributed by atoms with E-state index in [0.717, 1.165) is 44.8 Å². The zero-order valence-corrected chi connectivity index (χ0v) is 23.9. The molecule has 214 valence electrons. The van der Waals surface area contributed by atoms with Crippen molar-refractivity contribution in [2.24, 2.45) is 0 Å². The van der Waals surface area contributed by atoms with Crippen molar-refractivity contribution in [3.05, 3.63) is 86.6 Å². The molecule has 0 aromatic heterocycles. The van der Waals surface area contributed by atoms with Gasteiger partial charge >= 0.3 is 0 Å². The van der Waals surface area contributed by atoms with E-state index in [0.29, 0.717) is 17.9 Å². The van der Waals surface area contributed by atoms with Gasteiger partial charge in [-0.1, -0.05) is 29.3 Å². The molecular weight excluding hydrogens is 570 g/mol. The first-order chi connectivity index (χ1) is 19.7. The molecule has 0 unspecified atom stereocenters. The van der Waals surface area contributed by atoms with E-state index in [-0.39, 0.29) is 50.9 Å². The topological polar surface area (TPSA) is 112 Å². The Morgan fingerprint density at radius 3 is 2.59 bits per heavy atom. The molecule has 41 heavy (non-hydrogen) atoms. The summed E-state index contributed by atoms with van der Waals surface area (Å²) in [6.07, 6.45) is 0.648. The molecule has 0 spiro atoms. The predicted octanol–water partition coefficient (Wildman–Crippen LogP) is 6.77. The Morgan fingerprint density at radius 1 is 1.07 bits per heavy atom. The fourth-order valence-corrected chi connectivity index (χ4v) is 4.69. The number of benzene rings is 3. The van der Waals surface area contributed by atoms with E-state index < -0.39 is 5.82 Å². The molecule has 8 nitrogen and oxygen atoms in total. The van der Waals surface area contributed by atoms with Gasteiger partial charge in [0.15, 0.2) is 17.5 Å². The molecule has 0 amide bonds. The van der Waals surface area contributed by atoms with E-state index in [2.05, 4.69) is 4.90 Å². The summed E-state index contributed by atoms with van der Waals surface area (Å²) in [5.74, 6) is -0.801. The van der Waals surface area contributed by atoms with Gasteiger partial charge in [-0.3, -0.25) is 15.7 Å². The smallest absolute Gasteiger partial charge is 0.221 e. The normalized spacial score (nSPS) is 13.3. The molecule has 0 saturated carbocycles. The van der Waals surface area contributed by atoms with E-state index in [4.69, 9.17) is 58.2 Å². The summed E-state index contributed by atoms with van der Waals surface area (Å²) >= 11 is 12.2. The molecule has 11 heteroatoms. The Balaban J connectivity index is 1.34. The Bertz CT molecular complexity index is 1470. The van der Waals surface area contributed by atoms with Crippen molar-refractivity contribution in [2.75, 3.05) is 39.5 Å². The lowest BCUT2D eigenvalue weighted by molar-refractivity contribution is 0.0358. The highest BCUT2D eigenvalue weighted by atomic mass is 35.5. The molecule has 1 aliphatic heterocycles. The van der Waals surface area contributed by atoms with Crippen molar-refractivity contribution in [1.29, 1.82) is 16.1 Å². The van der Waals surface area contributed by atoms with Gasteiger partial charge in [0.25, 0.3) is 0 Å². The van der Waals surface area contributed by atoms with Gasteiger partial charge in [0.1, 0.15) is 11.5 Å². The van der Waals surface area contributed by atoms with Gasteiger partial charge in [-0.25, -0.2) is 4.39 Å². The zero-order chi connectivity index (χ0) is 29.4. The third-order valence-electron chi connectivity index (χ3n) is 6.36. The van der Waals surface area contributed by atoms with E-state index in [1.807, 2.05) is 19.1 Å². The number of nitrogens with zero attached hydrogens (tertiary/aromatic N) is 2. The summed E-state index contributed by atoms with van der Waals surface area (Å²) < 4.78 is 37.6. The number of halogens is 3. The molecule has 0 radical (unpaired) electrons. The summed E-state index contributed by atoms with van der Waals surface area (Å²) in [4.78, 5) is 2.35. The Morgan fingerprint density at radius 2 is 1.85 bits per heavy atom. The van der Waals surface area contributed by atoms with E-state index in [1.165, 1.54) is 30.3 Å². The van der Waals surface area contributed by atoms with Gasteiger partial charge in [0, 0.05) is 35.8 Å². The average Bonchev–Trinajstić information content (AvgIpc) is 2.95. The zero-order valence-electron chi connectivity index (χ0n) is 22.4. The maximum Gasteiger partial charge on any atom is 0.221 e. The maximum absolute atomic E-state index is 15.3. The van der Waals surface area contributed by atoms with Crippen LogP contribution in [0.4, 0.5) is 4.39 Å². The number of aryl methyl sites for hydroxylation is 1. The molecule has 4 rings (SSSR count). The average molecular weight is 599 g/mol. The van der Waals surface area contributed by atoms with Gasteiger partial charge in [0.2, 0.25) is 5.90 Å². The maximum atomic E-state index is 15.3. The van der Waals surface area contributed by atoms with Crippen molar-refractivity contribution in [1.82, 2.24) is 4.90 Å². The number of nitrogens with one attached hydrogen (secondary N) is 2. The second-order valence-electron chi connectivity index (χ2n) is 9.40. The number of morpholine rings is 1. The highest BCUT2D eigenvalue weighted by Gasteiger charge is 2.19. The van der Waals surface area contributed by atoms with Crippen LogP contribution >= 0.6 is 23.2 Å². The predicted molar refractivity (Wildman–Crippen MR) is 156 cm³/mol. The number of hydrogen-bond donors (Lipinski definition) is 2. The first kappa shape index (κ1) is 30.3. The van der Waals surface area contributed by atoms with Crippen molar-refractivity contribution in [3.8, 4) is 23.3 Å². The molecule has 1 saturated heterocycles. The summed E-state index contributed by atoms with van der Waals surface area (Å²) in [6.45, 7) is 6.77. The van der Waals surface area contributed by atoms with Gasteiger partial charge in [-0.15, -0.1) is 0 Å². The molecule has 1 fully saturated rings. The Hall–Kier alpha value is -3.68. The largest absolute Gasteiger partial charge is 0.494 e. The number of rotatable bonds is 10. The molecule has 0 bridgehead atoms. The third-order valence-corrected chi connectivity index (χ3v) is 6.88. The van der Waals surface area contributed by atoms with E-state index in [9.17, 15) is 0 Å². The van der Waals surface area contributed by atoms with Crippen LogP contribution in [0, 0.1) is 34.9 Å². The van der Waals surface area contributed by atoms with Gasteiger partial charge in [-0.05, 0) is 61.4 Å². The third kappa shape index (κ3) is 8.41. The van der Waals surface area contributed by atoms with Crippen molar-refractivity contribution < 1.29 is 23.3 Å². The summed E-state index contributed by atoms with van der Waals surface area (Å²) in [7, 11) is 0. The van der Waals surface area contributed by atoms with Crippen LogP contribution in [0.5, 0.6) is 17.2 Å². The first-order valence-corrected chi connectivity index (χ1v) is 13.7. The number of hydrogen-bond acceptors (Lipinski definition) is 8. The van der Waals surface area contributed by atoms with Crippen LogP contribution in [0.1, 0.15) is 28.7 Å². The minimum atomic E-state index is -0.790. The summed E-state index contributed by atoms with van der Waals surface area (Å²) in [6, 6.07) is 14.4. The molecular formula is C30H29Cl2FN4O4. The van der Waals surface area contributed by atoms with Gasteiger partial charge < -0.3 is 18.9 Å². The van der Waals surface area contributed by atoms with Crippen molar-refractivity contribution in [3.63, 3.8) is 0 Å². The highest BCUT2D eigenvalue weighted by Crippen LogP contribution is 2.35. The van der Waals surface area contributed by atoms with Crippen LogP contribution in [0.15, 0.2) is 48.5 Å². The van der Waals surface area contributed by atoms with Crippen LogP contribution in [0.25, 0.3) is 0 Å². The standard InChI is InChI=1S/C30H29Cl2FN4O4/c1-19-13-23(39-10-2-7-37-8-11-38-12-9-37)4-5-25(19)30(36)41-27(35)16-21-3-6-26(32)29(28(21)33)40-24-15-20(18-34)14-22(31)17-24/h3-6,13-15,17,35-36H,2,7-12,16H2,1H3. The van der Waals surface area contributed by atoms with E-state index >= 15 is 4.39 Å². The molecule has 3 aromatic carbocycles. The van der Waals surface area contributed by atoms with Gasteiger partial charge in [0.05, 0.1) is 42.9 Å². The van der Waals surface area contributed by atoms with Crippen molar-refractivity contribution in [2.45, 2.75) is 19.8 Å². The molecule has 3 aromatic rings. The quantitative estimate of drug-likeness (QED) is 0.151. The Labute approximate surface area is 248 Å². The SMILES string of the molecule is Cc1cc(OCCCN2CCOCC2)ccc1C(=N)OC(=N)Cc1ccc(Cl)c(Oc2cc(Cl)cc(C#N)c2)c1F. The second kappa shape index (κ2) is 14.3. The Kier molecular flexibility index (Phi) is 10.6. The monoisotopic (exact) mass is 598 g/mol. The number of ether oxygens (including phenoxy) is 4. The molecule has 1 aliphatic rings. The lowest BCUT2D eigenvalue weighted by Gasteiger charge is -2.26. The van der Waals surface area contributed by atoms with Gasteiger partial charge in [-0.2, -0.15) is 5.26 Å². The fourth-order valence-electron chi connectivity index (χ4n) is 4.28. The van der Waals surface area contributed by atoms with Crippen LogP contribution in [-0.2, 0) is 15.9 Å². The fraction of sp³-hybridized carbons (Fsp3) is 0.300. The number of nitriles is 1. The lowest BCUT2D eigenvalue weighted by atomic mass is 10.1. The molecule has 2 N–H and O–H groups in total. The minimum absolute atomic E-state index is 0.00366. The molecule has 1 heterocycles. The molecule has 0 atom stereocenters.